The summed E-state index contributed by atoms with van der Waals surface area (Å²) in [4.78, 5) is 13.6. The van der Waals surface area contributed by atoms with Crippen LogP contribution < -0.4 is 5.32 Å². The molecule has 19 heavy (non-hydrogen) atoms. The van der Waals surface area contributed by atoms with E-state index in [1.807, 2.05) is 12.1 Å². The van der Waals surface area contributed by atoms with E-state index in [1.165, 1.54) is 0 Å². The van der Waals surface area contributed by atoms with Gasteiger partial charge in [0.15, 0.2) is 0 Å². The van der Waals surface area contributed by atoms with E-state index in [1.54, 1.807) is 11.3 Å². The Kier molecular flexibility index (Phi) is 7.95. The molecule has 104 valence electrons. The van der Waals surface area contributed by atoms with E-state index >= 15 is 0 Å². The number of carbonyl (C=O) groups is 1. The fourth-order valence-corrected chi connectivity index (χ4v) is 2.38. The largest absolute Gasteiger partial charge is 0.395 e. The average Bonchev–Trinajstić information content (AvgIpc) is 2.85. The molecule has 4 heteroatoms. The first-order valence-electron chi connectivity index (χ1n) is 6.71. The van der Waals surface area contributed by atoms with Gasteiger partial charge in [-0.15, -0.1) is 11.3 Å². The van der Waals surface area contributed by atoms with Crippen LogP contribution in [0.3, 0.4) is 0 Å². The fourth-order valence-electron chi connectivity index (χ4n) is 1.56. The lowest BCUT2D eigenvalue weighted by Gasteiger charge is -2.02. The predicted molar refractivity (Wildman–Crippen MR) is 78.9 cm³/mol. The Morgan fingerprint density at radius 3 is 3.00 bits per heavy atom. The van der Waals surface area contributed by atoms with Crippen LogP contribution in [-0.4, -0.2) is 17.6 Å². The summed E-state index contributed by atoms with van der Waals surface area (Å²) < 4.78 is 0. The van der Waals surface area contributed by atoms with Crippen molar-refractivity contribution in [1.29, 1.82) is 0 Å². The Labute approximate surface area is 119 Å². The average molecular weight is 279 g/mol. The van der Waals surface area contributed by atoms with Crippen molar-refractivity contribution >= 4 is 17.2 Å². The van der Waals surface area contributed by atoms with E-state index in [-0.39, 0.29) is 12.5 Å². The van der Waals surface area contributed by atoms with Crippen molar-refractivity contribution in [3.05, 3.63) is 21.9 Å². The minimum absolute atomic E-state index is 0.0963. The third-order valence-electron chi connectivity index (χ3n) is 2.58. The lowest BCUT2D eigenvalue weighted by atomic mass is 10.2. The molecule has 2 N–H and O–H groups in total. The molecule has 0 atom stereocenters. The van der Waals surface area contributed by atoms with Gasteiger partial charge in [0.1, 0.15) is 0 Å². The molecule has 1 rings (SSSR count). The number of aliphatic hydroxyl groups excluding tert-OH is 1. The van der Waals surface area contributed by atoms with Crippen LogP contribution in [-0.2, 0) is 11.3 Å². The molecule has 0 aliphatic heterocycles. The summed E-state index contributed by atoms with van der Waals surface area (Å²) >= 11 is 1.58. The number of rotatable bonds is 7. The zero-order valence-electron chi connectivity index (χ0n) is 11.4. The normalized spacial score (nSPS) is 9.79. The van der Waals surface area contributed by atoms with Crippen LogP contribution in [0.1, 0.15) is 48.8 Å². The van der Waals surface area contributed by atoms with Crippen molar-refractivity contribution < 1.29 is 9.90 Å². The SMILES string of the molecule is CCCCCC(=O)NCc1ccc(C#CCCO)s1. The smallest absolute Gasteiger partial charge is 0.220 e. The molecule has 0 aromatic carbocycles. The number of carbonyl (C=O) groups excluding carboxylic acids is 1. The van der Waals surface area contributed by atoms with Gasteiger partial charge in [0.2, 0.25) is 5.91 Å². The second-order valence-electron chi connectivity index (χ2n) is 4.28. The van der Waals surface area contributed by atoms with E-state index in [0.717, 1.165) is 29.0 Å². The second kappa shape index (κ2) is 9.60. The Morgan fingerprint density at radius 1 is 1.42 bits per heavy atom. The minimum atomic E-state index is 0.0963. The highest BCUT2D eigenvalue weighted by atomic mass is 32.1. The van der Waals surface area contributed by atoms with Crippen LogP contribution in [0.15, 0.2) is 12.1 Å². The van der Waals surface area contributed by atoms with E-state index in [2.05, 4.69) is 24.1 Å². The van der Waals surface area contributed by atoms with Gasteiger partial charge in [-0.25, -0.2) is 0 Å². The molecule has 0 unspecified atom stereocenters. The zero-order chi connectivity index (χ0) is 13.9. The van der Waals surface area contributed by atoms with Crippen molar-refractivity contribution in [3.63, 3.8) is 0 Å². The number of amides is 1. The van der Waals surface area contributed by atoms with Gasteiger partial charge in [0, 0.05) is 17.7 Å². The Bertz CT molecular complexity index is 442. The Morgan fingerprint density at radius 2 is 2.26 bits per heavy atom. The highest BCUT2D eigenvalue weighted by molar-refractivity contribution is 7.12. The van der Waals surface area contributed by atoms with Crippen molar-refractivity contribution in [2.45, 2.75) is 45.6 Å². The van der Waals surface area contributed by atoms with Gasteiger partial charge in [0.05, 0.1) is 18.0 Å². The number of hydrogen-bond acceptors (Lipinski definition) is 3. The first-order chi connectivity index (χ1) is 9.26. The first-order valence-corrected chi connectivity index (χ1v) is 7.53. The van der Waals surface area contributed by atoms with Crippen molar-refractivity contribution in [2.75, 3.05) is 6.61 Å². The molecule has 0 saturated heterocycles. The fraction of sp³-hybridized carbons (Fsp3) is 0.533. The monoisotopic (exact) mass is 279 g/mol. The zero-order valence-corrected chi connectivity index (χ0v) is 12.2. The quantitative estimate of drug-likeness (QED) is 0.595. The molecule has 0 radical (unpaired) electrons. The van der Waals surface area contributed by atoms with Gasteiger partial charge in [-0.2, -0.15) is 0 Å². The van der Waals surface area contributed by atoms with Gasteiger partial charge in [-0.05, 0) is 18.6 Å². The van der Waals surface area contributed by atoms with Gasteiger partial charge < -0.3 is 10.4 Å². The summed E-state index contributed by atoms with van der Waals surface area (Å²) in [6.07, 6.45) is 4.32. The lowest BCUT2D eigenvalue weighted by Crippen LogP contribution is -2.21. The van der Waals surface area contributed by atoms with E-state index < -0.39 is 0 Å². The lowest BCUT2D eigenvalue weighted by molar-refractivity contribution is -0.121. The third-order valence-corrected chi connectivity index (χ3v) is 3.58. The van der Waals surface area contributed by atoms with Crippen molar-refractivity contribution in [1.82, 2.24) is 5.32 Å². The van der Waals surface area contributed by atoms with Gasteiger partial charge in [-0.1, -0.05) is 31.6 Å². The summed E-state index contributed by atoms with van der Waals surface area (Å²) in [5, 5.41) is 11.6. The van der Waals surface area contributed by atoms with Gasteiger partial charge in [-0.3, -0.25) is 4.79 Å². The standard InChI is InChI=1S/C15H21NO2S/c1-2-3-4-8-15(18)16-12-14-10-9-13(19-14)7-5-6-11-17/h9-10,17H,2-4,6,8,11-12H2,1H3,(H,16,18). The molecule has 1 aromatic heterocycles. The van der Waals surface area contributed by atoms with Crippen LogP contribution >= 0.6 is 11.3 Å². The van der Waals surface area contributed by atoms with E-state index in [4.69, 9.17) is 5.11 Å². The Hall–Kier alpha value is -1.31. The summed E-state index contributed by atoms with van der Waals surface area (Å²) in [5.41, 5.74) is 0. The highest BCUT2D eigenvalue weighted by Gasteiger charge is 2.02. The maximum atomic E-state index is 11.5. The van der Waals surface area contributed by atoms with Gasteiger partial charge in [0.25, 0.3) is 0 Å². The maximum Gasteiger partial charge on any atom is 0.220 e. The topological polar surface area (TPSA) is 49.3 Å². The molecule has 3 nitrogen and oxygen atoms in total. The molecule has 0 spiro atoms. The summed E-state index contributed by atoms with van der Waals surface area (Å²) in [5.74, 6) is 6.00. The number of thiophene rings is 1. The first kappa shape index (κ1) is 15.7. The number of nitrogens with one attached hydrogen (secondary N) is 1. The van der Waals surface area contributed by atoms with Crippen LogP contribution in [0, 0.1) is 11.8 Å². The Balaban J connectivity index is 2.30. The van der Waals surface area contributed by atoms with Crippen LogP contribution in [0.25, 0.3) is 0 Å². The molecule has 1 heterocycles. The summed E-state index contributed by atoms with van der Waals surface area (Å²) in [6.45, 7) is 2.80. The molecular weight excluding hydrogens is 258 g/mol. The molecule has 1 amide bonds. The minimum Gasteiger partial charge on any atom is -0.395 e. The van der Waals surface area contributed by atoms with E-state index in [0.29, 0.717) is 19.4 Å². The predicted octanol–water partition coefficient (Wildman–Crippen LogP) is 2.68. The molecule has 0 bridgehead atoms. The van der Waals surface area contributed by atoms with Gasteiger partial charge >= 0.3 is 0 Å². The number of hydrogen-bond donors (Lipinski definition) is 2. The van der Waals surface area contributed by atoms with E-state index in [9.17, 15) is 4.79 Å². The number of unbranched alkanes of at least 4 members (excludes halogenated alkanes) is 2. The molecule has 0 saturated carbocycles. The van der Waals surface area contributed by atoms with Crippen LogP contribution in [0.5, 0.6) is 0 Å². The molecule has 1 aromatic rings. The third kappa shape index (κ3) is 7.00. The number of aliphatic hydroxyl groups is 1. The van der Waals surface area contributed by atoms with Crippen LogP contribution in [0.2, 0.25) is 0 Å². The molecule has 0 aliphatic rings. The van der Waals surface area contributed by atoms with Crippen LogP contribution in [0.4, 0.5) is 0 Å². The molecule has 0 aliphatic carbocycles. The summed E-state index contributed by atoms with van der Waals surface area (Å²) in [7, 11) is 0. The van der Waals surface area contributed by atoms with Crippen molar-refractivity contribution in [2.24, 2.45) is 0 Å². The highest BCUT2D eigenvalue weighted by Crippen LogP contribution is 2.15. The summed E-state index contributed by atoms with van der Waals surface area (Å²) in [6, 6.07) is 3.94. The van der Waals surface area contributed by atoms with Crippen molar-refractivity contribution in [3.8, 4) is 11.8 Å². The maximum absolute atomic E-state index is 11.5. The molecule has 0 fully saturated rings. The molecular formula is C15H21NO2S. The second-order valence-corrected chi connectivity index (χ2v) is 5.44.